The zero-order valence-electron chi connectivity index (χ0n) is 52.3. The molecule has 7 aromatic carbocycles. The maximum absolute atomic E-state index is 14.6. The van der Waals surface area contributed by atoms with Gasteiger partial charge in [-0.05, 0) is 159 Å². The first kappa shape index (κ1) is 59.2. The Bertz CT molecular complexity index is 4960. The maximum atomic E-state index is 14.6. The van der Waals surface area contributed by atoms with Gasteiger partial charge in [-0.1, -0.05) is 115 Å². The van der Waals surface area contributed by atoms with Crippen LogP contribution in [0.3, 0.4) is 0 Å². The van der Waals surface area contributed by atoms with Gasteiger partial charge in [-0.2, -0.15) is 15.3 Å². The topological polar surface area (TPSA) is 201 Å². The molecule has 6 N–H and O–H groups in total. The summed E-state index contributed by atoms with van der Waals surface area (Å²) >= 11 is 0. The van der Waals surface area contributed by atoms with Crippen molar-refractivity contribution in [2.24, 2.45) is 0 Å². The molecule has 3 aliphatic rings. The van der Waals surface area contributed by atoms with Crippen LogP contribution in [0, 0.1) is 5.82 Å². The minimum Gasteiger partial charge on any atom is -0.377 e. The van der Waals surface area contributed by atoms with Gasteiger partial charge in [0.2, 0.25) is 0 Å². The van der Waals surface area contributed by atoms with Gasteiger partial charge in [-0.15, -0.1) is 0 Å². The van der Waals surface area contributed by atoms with Crippen molar-refractivity contribution in [3.05, 3.63) is 292 Å². The first-order valence-corrected chi connectivity index (χ1v) is 31.0. The Balaban J connectivity index is 0.828. The van der Waals surface area contributed by atoms with Crippen LogP contribution in [-0.2, 0) is 26.2 Å². The normalized spacial score (nSPS) is 18.5. The molecular weight excluding hydrogens is 1150 g/mol. The minimum absolute atomic E-state index is 0.227. The number of rotatable bonds is 17. The second kappa shape index (κ2) is 24.1. The molecule has 6 unspecified atom stereocenters. The second-order valence-electron chi connectivity index (χ2n) is 25.5. The van der Waals surface area contributed by atoms with Crippen LogP contribution in [0.4, 0.5) is 21.5 Å². The lowest BCUT2D eigenvalue weighted by Gasteiger charge is -2.35. The second-order valence-corrected chi connectivity index (χ2v) is 25.5. The highest BCUT2D eigenvalue weighted by Gasteiger charge is 2.40. The summed E-state index contributed by atoms with van der Waals surface area (Å²) in [6.45, 7) is 9.43. The minimum atomic E-state index is -0.497. The van der Waals surface area contributed by atoms with Crippen LogP contribution in [0.5, 0.6) is 0 Å². The largest absolute Gasteiger partial charge is 0.377 e. The molecule has 6 atom stereocenters. The fraction of sp³-hybridized carbons (Fsp3) is 0.230. The van der Waals surface area contributed by atoms with Gasteiger partial charge in [0, 0.05) is 77.7 Å². The molecular formula is C74H71FN14O3. The summed E-state index contributed by atoms with van der Waals surface area (Å²) in [5.41, 5.74) is 15.2. The van der Waals surface area contributed by atoms with Crippen molar-refractivity contribution in [1.29, 1.82) is 0 Å². The number of imidazole rings is 1. The highest BCUT2D eigenvalue weighted by Crippen LogP contribution is 2.50. The van der Waals surface area contributed by atoms with E-state index >= 15 is 0 Å². The summed E-state index contributed by atoms with van der Waals surface area (Å²) in [6, 6.07) is 44.7. The summed E-state index contributed by atoms with van der Waals surface area (Å²) in [7, 11) is 12.4. The molecule has 0 amide bonds. The Kier molecular flexibility index (Phi) is 15.5. The molecule has 3 aliphatic heterocycles. The number of hydrogen-bond donors (Lipinski definition) is 6. The predicted molar refractivity (Wildman–Crippen MR) is 364 cm³/mol. The SMILES string of the molecule is C=C(/C=C\C=C(/C)C1c2n[nH]c(=O)c3cccc(c23)NC1c1ccc(CN(C)C)c(Cn2ccnc2C2c3n[nH]c(=O)c4cccc(c34)NC2c2ccc(F)cc2)c1)c1cc(C2Nc3cccc4c(=O)[nH]nc(c34)C2c2ccc(CN(C)C)cc2)ccc1CN(C)C. The standard InChI is InChI=1S/C74H71FN14O3/c1-41(55-36-47(26-28-49(55)39-88(7)8)67-60(44-23-21-43(22-24-44)37-86(3)4)69-62-53(73(91)84-81-69)16-11-19-57(62)79-67)13-9-14-42(2)59-66(78-56-18-10-15-52-61(56)68(59)80-83-72(52)90)46-25-27-48(38-87(5)6)50(35-46)40-89-34-33-76-71(89)64-65(45-29-31-51(75)32-30-45)77-58-20-12-17-54-63(58)70(64)82-85-74(54)92/h9-36,59-60,64-67,77-79H,1,37-40H2,2-8H3,(H,83,90)(H,84,91)(H,85,92)/b13-9-,42-14+. The summed E-state index contributed by atoms with van der Waals surface area (Å²) in [6.07, 6.45) is 10.0. The van der Waals surface area contributed by atoms with Gasteiger partial charge in [-0.25, -0.2) is 24.7 Å². The smallest absolute Gasteiger partial charge is 0.272 e. The number of benzene rings is 7. The summed E-state index contributed by atoms with van der Waals surface area (Å²) in [5, 5.41) is 38.4. The number of nitrogens with one attached hydrogen (secondary N) is 6. The molecule has 0 aliphatic carbocycles. The number of aromatic nitrogens is 8. The number of allylic oxidation sites excluding steroid dienone is 4. The third-order valence-electron chi connectivity index (χ3n) is 18.3. The molecule has 462 valence electrons. The van der Waals surface area contributed by atoms with E-state index < -0.39 is 12.0 Å². The lowest BCUT2D eigenvalue weighted by Crippen LogP contribution is -2.30. The van der Waals surface area contributed by atoms with Crippen LogP contribution >= 0.6 is 0 Å². The molecule has 0 fully saturated rings. The third kappa shape index (κ3) is 10.9. The fourth-order valence-corrected chi connectivity index (χ4v) is 14.3. The van der Waals surface area contributed by atoms with E-state index in [1.807, 2.05) is 54.7 Å². The fourth-order valence-electron chi connectivity index (χ4n) is 14.3. The Labute approximate surface area is 531 Å². The molecule has 4 aromatic heterocycles. The number of nitrogens with zero attached hydrogens (tertiary/aromatic N) is 8. The molecule has 0 saturated carbocycles. The Morgan fingerprint density at radius 3 is 1.65 bits per heavy atom. The average molecular weight is 1220 g/mol. The first-order valence-electron chi connectivity index (χ1n) is 31.0. The van der Waals surface area contributed by atoms with E-state index in [0.717, 1.165) is 113 Å². The van der Waals surface area contributed by atoms with Gasteiger partial charge in [-0.3, -0.25) is 14.4 Å². The van der Waals surface area contributed by atoms with Gasteiger partial charge in [0.05, 0.1) is 63.2 Å². The van der Waals surface area contributed by atoms with Crippen LogP contribution < -0.4 is 32.6 Å². The van der Waals surface area contributed by atoms with E-state index in [2.05, 4.69) is 179 Å². The molecule has 0 bridgehead atoms. The zero-order valence-corrected chi connectivity index (χ0v) is 52.3. The maximum Gasteiger partial charge on any atom is 0.272 e. The Hall–Kier alpha value is -10.4. The number of H-pyrrole nitrogens is 3. The lowest BCUT2D eigenvalue weighted by atomic mass is 9.79. The van der Waals surface area contributed by atoms with Crippen molar-refractivity contribution in [2.75, 3.05) is 58.2 Å². The molecule has 0 spiro atoms. The van der Waals surface area contributed by atoms with Gasteiger partial charge in [0.1, 0.15) is 11.6 Å². The van der Waals surface area contributed by atoms with Crippen molar-refractivity contribution < 1.29 is 4.39 Å². The van der Waals surface area contributed by atoms with Crippen molar-refractivity contribution in [2.45, 2.75) is 69.0 Å². The molecule has 14 rings (SSSR count). The van der Waals surface area contributed by atoms with E-state index in [1.54, 1.807) is 24.4 Å². The van der Waals surface area contributed by atoms with Crippen molar-refractivity contribution >= 4 is 55.0 Å². The van der Waals surface area contributed by atoms with Crippen LogP contribution in [0.25, 0.3) is 37.9 Å². The van der Waals surface area contributed by atoms with Crippen LogP contribution in [0.1, 0.15) is 116 Å². The molecule has 18 heteroatoms. The number of aromatic amines is 3. The summed E-state index contributed by atoms with van der Waals surface area (Å²) < 4.78 is 16.7. The van der Waals surface area contributed by atoms with Crippen molar-refractivity contribution in [3.63, 3.8) is 0 Å². The monoisotopic (exact) mass is 1220 g/mol. The number of halogens is 1. The predicted octanol–water partition coefficient (Wildman–Crippen LogP) is 12.0. The molecule has 17 nitrogen and oxygen atoms in total. The van der Waals surface area contributed by atoms with E-state index in [4.69, 9.17) is 26.9 Å². The van der Waals surface area contributed by atoms with E-state index in [0.29, 0.717) is 41.5 Å². The summed E-state index contributed by atoms with van der Waals surface area (Å²) in [4.78, 5) is 51.6. The zero-order chi connectivity index (χ0) is 63.6. The van der Waals surface area contributed by atoms with Gasteiger partial charge >= 0.3 is 0 Å². The van der Waals surface area contributed by atoms with Crippen molar-refractivity contribution in [1.82, 2.24) is 54.8 Å². The summed E-state index contributed by atoms with van der Waals surface area (Å²) in [5.74, 6) is -0.726. The van der Waals surface area contributed by atoms with Gasteiger partial charge in [0.15, 0.2) is 0 Å². The molecule has 92 heavy (non-hydrogen) atoms. The van der Waals surface area contributed by atoms with Gasteiger partial charge < -0.3 is 35.2 Å². The molecule has 7 heterocycles. The Morgan fingerprint density at radius 1 is 0.554 bits per heavy atom. The number of anilines is 3. The van der Waals surface area contributed by atoms with E-state index in [9.17, 15) is 18.8 Å². The van der Waals surface area contributed by atoms with E-state index in [1.165, 1.54) is 17.7 Å². The van der Waals surface area contributed by atoms with Crippen LogP contribution in [0.15, 0.2) is 197 Å². The highest BCUT2D eigenvalue weighted by atomic mass is 19.1. The van der Waals surface area contributed by atoms with Gasteiger partial charge in [0.25, 0.3) is 16.7 Å². The Morgan fingerprint density at radius 2 is 1.05 bits per heavy atom. The van der Waals surface area contributed by atoms with Crippen LogP contribution in [0.2, 0.25) is 0 Å². The molecule has 11 aromatic rings. The first-order chi connectivity index (χ1) is 44.5. The van der Waals surface area contributed by atoms with E-state index in [-0.39, 0.29) is 46.4 Å². The highest BCUT2D eigenvalue weighted by molar-refractivity contribution is 5.99. The molecule has 0 saturated heterocycles. The third-order valence-corrected chi connectivity index (χ3v) is 18.3. The lowest BCUT2D eigenvalue weighted by molar-refractivity contribution is 0.400. The quantitative estimate of drug-likeness (QED) is 0.0471. The number of hydrogen-bond acceptors (Lipinski definition) is 13. The van der Waals surface area contributed by atoms with Crippen molar-refractivity contribution in [3.8, 4) is 0 Å². The van der Waals surface area contributed by atoms with Crippen LogP contribution in [-0.4, -0.2) is 97.1 Å². The molecule has 0 radical (unpaired) electrons. The average Bonchev–Trinajstić information content (AvgIpc) is 0.963.